The number of halogens is 1. The lowest BCUT2D eigenvalue weighted by atomic mass is 10.1. The van der Waals surface area contributed by atoms with Crippen molar-refractivity contribution in [1.82, 2.24) is 15.2 Å². The Bertz CT molecular complexity index is 1520. The number of nitrogens with zero attached hydrogens (tertiary/aromatic N) is 2. The van der Waals surface area contributed by atoms with Crippen LogP contribution in [0.25, 0.3) is 0 Å². The number of benzene rings is 4. The van der Waals surface area contributed by atoms with Gasteiger partial charge in [-0.1, -0.05) is 84.9 Å². The van der Waals surface area contributed by atoms with E-state index in [1.54, 1.807) is 17.5 Å². The highest BCUT2D eigenvalue weighted by Crippen LogP contribution is 2.21. The standard InChI is InChI=1S/C34H32FN3O2S/c1-25(29-10-6-3-7-11-29)36-34(39)32-24-41-33(37-32)22-38(20-26-12-16-30(35)17-13-26)21-27-14-18-31(19-15-27)40-23-28-8-4-2-5-9-28/h2-19,24-25H,20-23H2,1H3,(H,36,39)/t25-/m1/s1. The Hall–Kier alpha value is -4.33. The number of aromatic nitrogens is 1. The maximum absolute atomic E-state index is 13.5. The predicted molar refractivity (Wildman–Crippen MR) is 161 cm³/mol. The van der Waals surface area contributed by atoms with Crippen molar-refractivity contribution in [3.05, 3.63) is 153 Å². The summed E-state index contributed by atoms with van der Waals surface area (Å²) in [4.78, 5) is 19.8. The third kappa shape index (κ3) is 8.33. The quantitative estimate of drug-likeness (QED) is 0.170. The summed E-state index contributed by atoms with van der Waals surface area (Å²) in [5.41, 5.74) is 4.69. The fraction of sp³-hybridized carbons (Fsp3) is 0.176. The van der Waals surface area contributed by atoms with Crippen LogP contribution < -0.4 is 10.1 Å². The molecule has 1 amide bonds. The molecule has 41 heavy (non-hydrogen) atoms. The van der Waals surface area contributed by atoms with Gasteiger partial charge >= 0.3 is 0 Å². The summed E-state index contributed by atoms with van der Waals surface area (Å²) in [5, 5.41) is 5.68. The highest BCUT2D eigenvalue weighted by molar-refractivity contribution is 7.09. The van der Waals surface area contributed by atoms with E-state index in [0.717, 1.165) is 33.0 Å². The molecule has 0 spiro atoms. The van der Waals surface area contributed by atoms with E-state index in [1.807, 2.05) is 79.7 Å². The first-order chi connectivity index (χ1) is 20.0. The van der Waals surface area contributed by atoms with E-state index in [1.165, 1.54) is 23.5 Å². The van der Waals surface area contributed by atoms with Gasteiger partial charge in [0, 0.05) is 18.5 Å². The van der Waals surface area contributed by atoms with E-state index < -0.39 is 0 Å². The molecule has 0 aliphatic carbocycles. The SMILES string of the molecule is C[C@@H](NC(=O)c1csc(CN(Cc2ccc(F)cc2)Cc2ccc(OCc3ccccc3)cc2)n1)c1ccccc1. The molecule has 0 saturated carbocycles. The molecule has 0 aliphatic rings. The highest BCUT2D eigenvalue weighted by Gasteiger charge is 2.17. The zero-order valence-electron chi connectivity index (χ0n) is 22.9. The van der Waals surface area contributed by atoms with Gasteiger partial charge in [0.1, 0.15) is 28.9 Å². The molecule has 1 atom stereocenters. The molecule has 1 N–H and O–H groups in total. The largest absolute Gasteiger partial charge is 0.489 e. The van der Waals surface area contributed by atoms with Gasteiger partial charge in [0.05, 0.1) is 12.6 Å². The Balaban J connectivity index is 1.24. The lowest BCUT2D eigenvalue weighted by molar-refractivity contribution is 0.0935. The van der Waals surface area contributed by atoms with E-state index in [0.29, 0.717) is 31.9 Å². The summed E-state index contributed by atoms with van der Waals surface area (Å²) < 4.78 is 19.5. The van der Waals surface area contributed by atoms with Crippen molar-refractivity contribution in [2.75, 3.05) is 0 Å². The Morgan fingerprint density at radius 1 is 0.829 bits per heavy atom. The van der Waals surface area contributed by atoms with Crippen LogP contribution in [0, 0.1) is 5.82 Å². The number of carbonyl (C=O) groups excluding carboxylic acids is 1. The van der Waals surface area contributed by atoms with Gasteiger partial charge in [-0.25, -0.2) is 9.37 Å². The minimum atomic E-state index is -0.258. The van der Waals surface area contributed by atoms with Crippen molar-refractivity contribution in [3.63, 3.8) is 0 Å². The van der Waals surface area contributed by atoms with Crippen molar-refractivity contribution in [1.29, 1.82) is 0 Å². The van der Waals surface area contributed by atoms with Gasteiger partial charge < -0.3 is 10.1 Å². The van der Waals surface area contributed by atoms with Crippen LogP contribution in [0.1, 0.15) is 50.7 Å². The van der Waals surface area contributed by atoms with Gasteiger partial charge in [-0.05, 0) is 53.4 Å². The molecule has 0 radical (unpaired) electrons. The molecule has 0 fully saturated rings. The van der Waals surface area contributed by atoms with Gasteiger partial charge in [0.2, 0.25) is 0 Å². The number of rotatable bonds is 12. The molecule has 4 aromatic carbocycles. The zero-order valence-corrected chi connectivity index (χ0v) is 23.7. The molecule has 208 valence electrons. The maximum Gasteiger partial charge on any atom is 0.271 e. The van der Waals surface area contributed by atoms with Gasteiger partial charge in [-0.2, -0.15) is 0 Å². The van der Waals surface area contributed by atoms with Crippen LogP contribution in [0.5, 0.6) is 5.75 Å². The maximum atomic E-state index is 13.5. The second kappa shape index (κ2) is 13.8. The fourth-order valence-electron chi connectivity index (χ4n) is 4.48. The van der Waals surface area contributed by atoms with Crippen molar-refractivity contribution in [3.8, 4) is 5.75 Å². The van der Waals surface area contributed by atoms with Gasteiger partial charge in [0.25, 0.3) is 5.91 Å². The average Bonchev–Trinajstić information content (AvgIpc) is 3.47. The summed E-state index contributed by atoms with van der Waals surface area (Å²) >= 11 is 1.47. The van der Waals surface area contributed by atoms with E-state index >= 15 is 0 Å². The lowest BCUT2D eigenvalue weighted by Gasteiger charge is -2.22. The van der Waals surface area contributed by atoms with Crippen LogP contribution in [-0.4, -0.2) is 15.8 Å². The highest BCUT2D eigenvalue weighted by atomic mass is 32.1. The van der Waals surface area contributed by atoms with Gasteiger partial charge in [0.15, 0.2) is 0 Å². The third-order valence-electron chi connectivity index (χ3n) is 6.69. The number of hydrogen-bond donors (Lipinski definition) is 1. The molecule has 0 aliphatic heterocycles. The topological polar surface area (TPSA) is 54.5 Å². The summed E-state index contributed by atoms with van der Waals surface area (Å²) in [5.74, 6) is 0.356. The van der Waals surface area contributed by atoms with Crippen LogP contribution in [0.4, 0.5) is 4.39 Å². The third-order valence-corrected chi connectivity index (χ3v) is 7.52. The second-order valence-corrected chi connectivity index (χ2v) is 10.9. The molecule has 0 unspecified atom stereocenters. The molecule has 7 heteroatoms. The number of ether oxygens (including phenoxy) is 1. The molecular weight excluding hydrogens is 533 g/mol. The van der Waals surface area contributed by atoms with E-state index in [-0.39, 0.29) is 17.8 Å². The molecule has 5 aromatic rings. The van der Waals surface area contributed by atoms with Crippen LogP contribution in [-0.2, 0) is 26.2 Å². The Morgan fingerprint density at radius 2 is 1.44 bits per heavy atom. The summed E-state index contributed by atoms with van der Waals surface area (Å²) in [6.07, 6.45) is 0. The molecule has 1 heterocycles. The first-order valence-corrected chi connectivity index (χ1v) is 14.4. The molecule has 0 bridgehead atoms. The summed E-state index contributed by atoms with van der Waals surface area (Å²) in [6, 6.07) is 34.4. The smallest absolute Gasteiger partial charge is 0.271 e. The second-order valence-electron chi connectivity index (χ2n) is 9.92. The minimum Gasteiger partial charge on any atom is -0.489 e. The number of carbonyl (C=O) groups is 1. The summed E-state index contributed by atoms with van der Waals surface area (Å²) in [7, 11) is 0. The normalized spacial score (nSPS) is 11.8. The lowest BCUT2D eigenvalue weighted by Crippen LogP contribution is -2.27. The Kier molecular flexibility index (Phi) is 9.52. The first kappa shape index (κ1) is 28.2. The van der Waals surface area contributed by atoms with Crippen LogP contribution in [0.2, 0.25) is 0 Å². The number of thiazole rings is 1. The van der Waals surface area contributed by atoms with Crippen LogP contribution in [0.15, 0.2) is 115 Å². The number of nitrogens with one attached hydrogen (secondary N) is 1. The summed E-state index contributed by atoms with van der Waals surface area (Å²) in [6.45, 7) is 4.29. The fourth-order valence-corrected chi connectivity index (χ4v) is 5.30. The van der Waals surface area contributed by atoms with Gasteiger partial charge in [-0.15, -0.1) is 11.3 Å². The van der Waals surface area contributed by atoms with E-state index in [9.17, 15) is 9.18 Å². The zero-order chi connectivity index (χ0) is 28.4. The van der Waals surface area contributed by atoms with Crippen molar-refractivity contribution >= 4 is 17.2 Å². The van der Waals surface area contributed by atoms with Crippen LogP contribution in [0.3, 0.4) is 0 Å². The number of hydrogen-bond acceptors (Lipinski definition) is 5. The van der Waals surface area contributed by atoms with Gasteiger partial charge in [-0.3, -0.25) is 9.69 Å². The molecule has 1 aromatic heterocycles. The molecular formula is C34H32FN3O2S. The van der Waals surface area contributed by atoms with Crippen LogP contribution >= 0.6 is 11.3 Å². The van der Waals surface area contributed by atoms with E-state index in [4.69, 9.17) is 4.74 Å². The predicted octanol–water partition coefficient (Wildman–Crippen LogP) is 7.55. The Labute approximate surface area is 244 Å². The molecule has 5 nitrogen and oxygen atoms in total. The molecule has 0 saturated heterocycles. The van der Waals surface area contributed by atoms with Crippen molar-refractivity contribution < 1.29 is 13.9 Å². The van der Waals surface area contributed by atoms with Crippen molar-refractivity contribution in [2.45, 2.75) is 39.2 Å². The number of amides is 1. The van der Waals surface area contributed by atoms with E-state index in [2.05, 4.69) is 27.3 Å². The van der Waals surface area contributed by atoms with Crippen molar-refractivity contribution in [2.24, 2.45) is 0 Å². The monoisotopic (exact) mass is 565 g/mol. The minimum absolute atomic E-state index is 0.122. The molecule has 5 rings (SSSR count). The first-order valence-electron chi connectivity index (χ1n) is 13.5. The average molecular weight is 566 g/mol. The Morgan fingerprint density at radius 3 is 2.10 bits per heavy atom.